The molecule has 1 atom stereocenters. The minimum Gasteiger partial charge on any atom is -0.497 e. The summed E-state index contributed by atoms with van der Waals surface area (Å²) in [4.78, 5) is 0. The molecule has 0 heterocycles. The summed E-state index contributed by atoms with van der Waals surface area (Å²) in [7, 11) is 1.57. The lowest BCUT2D eigenvalue weighted by atomic mass is 9.80. The Labute approximate surface area is 131 Å². The van der Waals surface area contributed by atoms with Gasteiger partial charge in [-0.1, -0.05) is 39.0 Å². The zero-order valence-electron chi connectivity index (χ0n) is 13.8. The number of aliphatic hydroxyl groups is 1. The van der Waals surface area contributed by atoms with E-state index in [-0.39, 0.29) is 11.2 Å². The molecule has 2 nitrogen and oxygen atoms in total. The fourth-order valence-corrected chi connectivity index (χ4v) is 2.51. The first kappa shape index (κ1) is 16.5. The zero-order valence-corrected chi connectivity index (χ0v) is 13.8. The molecule has 0 fully saturated rings. The molecular formula is C19H23FO2. The Hall–Kier alpha value is -1.87. The predicted molar refractivity (Wildman–Crippen MR) is 87.7 cm³/mol. The molecule has 118 valence electrons. The summed E-state index contributed by atoms with van der Waals surface area (Å²) in [6.45, 7) is 7.97. The predicted octanol–water partition coefficient (Wildman–Crippen LogP) is 4.85. The van der Waals surface area contributed by atoms with E-state index in [1.165, 1.54) is 6.07 Å². The lowest BCUT2D eigenvalue weighted by Crippen LogP contribution is -2.14. The minimum atomic E-state index is -0.551. The van der Waals surface area contributed by atoms with E-state index in [1.807, 2.05) is 18.2 Å². The molecule has 0 aromatic heterocycles. The third kappa shape index (κ3) is 3.30. The summed E-state index contributed by atoms with van der Waals surface area (Å²) >= 11 is 0. The van der Waals surface area contributed by atoms with Gasteiger partial charge < -0.3 is 9.84 Å². The number of aliphatic hydroxyl groups excluding tert-OH is 1. The standard InChI is InChI=1S/C19H23FO2/c1-12(21)13-6-8-15(17(10-13)19(2,3)4)16-11-14(22-5)7-9-18(16)20/h6-12,21H,1-5H3/t12-/m0/s1. The highest BCUT2D eigenvalue weighted by atomic mass is 19.1. The molecule has 0 amide bonds. The Morgan fingerprint density at radius 2 is 1.73 bits per heavy atom. The molecule has 0 saturated heterocycles. The van der Waals surface area contributed by atoms with Gasteiger partial charge in [0.25, 0.3) is 0 Å². The van der Waals surface area contributed by atoms with E-state index in [4.69, 9.17) is 4.74 Å². The molecule has 2 rings (SSSR count). The average Bonchev–Trinajstić information content (AvgIpc) is 2.46. The molecule has 0 bridgehead atoms. The highest BCUT2D eigenvalue weighted by Gasteiger charge is 2.22. The van der Waals surface area contributed by atoms with Gasteiger partial charge in [0.1, 0.15) is 11.6 Å². The van der Waals surface area contributed by atoms with E-state index in [0.717, 1.165) is 16.7 Å². The zero-order chi connectivity index (χ0) is 16.5. The second-order valence-corrected chi connectivity index (χ2v) is 6.58. The summed E-state index contributed by atoms with van der Waals surface area (Å²) < 4.78 is 19.5. The first-order valence-corrected chi connectivity index (χ1v) is 7.40. The topological polar surface area (TPSA) is 29.5 Å². The van der Waals surface area contributed by atoms with Crippen LogP contribution in [0.15, 0.2) is 36.4 Å². The van der Waals surface area contributed by atoms with Crippen molar-refractivity contribution in [3.05, 3.63) is 53.3 Å². The molecule has 2 aromatic rings. The first-order chi connectivity index (χ1) is 10.2. The van der Waals surface area contributed by atoms with Gasteiger partial charge in [-0.3, -0.25) is 0 Å². The SMILES string of the molecule is COc1ccc(F)c(-c2ccc([C@H](C)O)cc2C(C)(C)C)c1. The lowest BCUT2D eigenvalue weighted by molar-refractivity contribution is 0.199. The molecule has 0 spiro atoms. The summed E-state index contributed by atoms with van der Waals surface area (Å²) in [5.74, 6) is 0.340. The van der Waals surface area contributed by atoms with Crippen LogP contribution in [0.5, 0.6) is 5.75 Å². The van der Waals surface area contributed by atoms with Crippen LogP contribution in [0.1, 0.15) is 44.9 Å². The van der Waals surface area contributed by atoms with E-state index in [9.17, 15) is 9.50 Å². The minimum absolute atomic E-state index is 0.171. The molecule has 0 unspecified atom stereocenters. The fourth-order valence-electron chi connectivity index (χ4n) is 2.51. The van der Waals surface area contributed by atoms with Crippen molar-refractivity contribution >= 4 is 0 Å². The molecule has 0 aliphatic rings. The van der Waals surface area contributed by atoms with Crippen molar-refractivity contribution in [2.75, 3.05) is 7.11 Å². The molecular weight excluding hydrogens is 279 g/mol. The van der Waals surface area contributed by atoms with Crippen molar-refractivity contribution < 1.29 is 14.2 Å². The Balaban J connectivity index is 2.70. The van der Waals surface area contributed by atoms with Crippen molar-refractivity contribution in [2.24, 2.45) is 0 Å². The van der Waals surface area contributed by atoms with Gasteiger partial charge in [0.15, 0.2) is 0 Å². The number of methoxy groups -OCH3 is 1. The van der Waals surface area contributed by atoms with Crippen LogP contribution in [0, 0.1) is 5.82 Å². The quantitative estimate of drug-likeness (QED) is 0.878. The van der Waals surface area contributed by atoms with Crippen LogP contribution >= 0.6 is 0 Å². The molecule has 22 heavy (non-hydrogen) atoms. The average molecular weight is 302 g/mol. The number of hydrogen-bond acceptors (Lipinski definition) is 2. The molecule has 1 N–H and O–H groups in total. The third-order valence-corrected chi connectivity index (χ3v) is 3.80. The van der Waals surface area contributed by atoms with Gasteiger partial charge in [-0.15, -0.1) is 0 Å². The maximum atomic E-state index is 14.3. The Kier molecular flexibility index (Phi) is 4.57. The van der Waals surface area contributed by atoms with Crippen molar-refractivity contribution in [1.29, 1.82) is 0 Å². The van der Waals surface area contributed by atoms with Crippen LogP contribution in [0.3, 0.4) is 0 Å². The molecule has 2 aromatic carbocycles. The summed E-state index contributed by atoms with van der Waals surface area (Å²) in [5.41, 5.74) is 3.00. The molecule has 3 heteroatoms. The van der Waals surface area contributed by atoms with Crippen molar-refractivity contribution in [3.8, 4) is 16.9 Å². The van der Waals surface area contributed by atoms with Crippen molar-refractivity contribution in [1.82, 2.24) is 0 Å². The van der Waals surface area contributed by atoms with Crippen LogP contribution in [0.2, 0.25) is 0 Å². The summed E-state index contributed by atoms with van der Waals surface area (Å²) in [6, 6.07) is 10.4. The van der Waals surface area contributed by atoms with E-state index >= 15 is 0 Å². The molecule has 0 radical (unpaired) electrons. The summed E-state index contributed by atoms with van der Waals surface area (Å²) in [6.07, 6.45) is -0.551. The van der Waals surface area contributed by atoms with Crippen molar-refractivity contribution in [3.63, 3.8) is 0 Å². The van der Waals surface area contributed by atoms with Crippen LogP contribution in [-0.4, -0.2) is 12.2 Å². The van der Waals surface area contributed by atoms with Gasteiger partial charge in [-0.25, -0.2) is 4.39 Å². The smallest absolute Gasteiger partial charge is 0.131 e. The Morgan fingerprint density at radius 1 is 1.05 bits per heavy atom. The van der Waals surface area contributed by atoms with E-state index in [1.54, 1.807) is 26.2 Å². The maximum Gasteiger partial charge on any atom is 0.131 e. The maximum absolute atomic E-state index is 14.3. The molecule has 0 aliphatic heterocycles. The second kappa shape index (κ2) is 6.09. The summed E-state index contributed by atoms with van der Waals surface area (Å²) in [5, 5.41) is 9.82. The van der Waals surface area contributed by atoms with E-state index in [0.29, 0.717) is 11.3 Å². The fraction of sp³-hybridized carbons (Fsp3) is 0.368. The number of halogens is 1. The van der Waals surface area contributed by atoms with E-state index < -0.39 is 6.10 Å². The third-order valence-electron chi connectivity index (χ3n) is 3.80. The van der Waals surface area contributed by atoms with Gasteiger partial charge in [0, 0.05) is 5.56 Å². The van der Waals surface area contributed by atoms with E-state index in [2.05, 4.69) is 20.8 Å². The number of hydrogen-bond donors (Lipinski definition) is 1. The van der Waals surface area contributed by atoms with Crippen LogP contribution in [-0.2, 0) is 5.41 Å². The lowest BCUT2D eigenvalue weighted by Gasteiger charge is -2.25. The Morgan fingerprint density at radius 3 is 2.27 bits per heavy atom. The number of ether oxygens (including phenoxy) is 1. The molecule has 0 aliphatic carbocycles. The monoisotopic (exact) mass is 302 g/mol. The normalized spacial score (nSPS) is 13.0. The van der Waals surface area contributed by atoms with Gasteiger partial charge >= 0.3 is 0 Å². The highest BCUT2D eigenvalue weighted by molar-refractivity contribution is 5.71. The van der Waals surface area contributed by atoms with Crippen LogP contribution < -0.4 is 4.74 Å². The van der Waals surface area contributed by atoms with Gasteiger partial charge in [0.05, 0.1) is 13.2 Å². The highest BCUT2D eigenvalue weighted by Crippen LogP contribution is 2.37. The first-order valence-electron chi connectivity index (χ1n) is 7.40. The van der Waals surface area contributed by atoms with Gasteiger partial charge in [-0.05, 0) is 47.2 Å². The van der Waals surface area contributed by atoms with Gasteiger partial charge in [-0.2, -0.15) is 0 Å². The Bertz CT molecular complexity index is 670. The van der Waals surface area contributed by atoms with Crippen LogP contribution in [0.4, 0.5) is 4.39 Å². The van der Waals surface area contributed by atoms with Gasteiger partial charge in [0.2, 0.25) is 0 Å². The van der Waals surface area contributed by atoms with Crippen LogP contribution in [0.25, 0.3) is 11.1 Å². The second-order valence-electron chi connectivity index (χ2n) is 6.58. The van der Waals surface area contributed by atoms with Crippen molar-refractivity contribution in [2.45, 2.75) is 39.2 Å². The number of rotatable bonds is 3. The molecule has 0 saturated carbocycles. The largest absolute Gasteiger partial charge is 0.497 e. The number of benzene rings is 2.